The number of aryl methyl sites for hydroxylation is 1. The Labute approximate surface area is 190 Å². The van der Waals surface area contributed by atoms with Crippen LogP contribution in [0.2, 0.25) is 10.0 Å². The summed E-state index contributed by atoms with van der Waals surface area (Å²) in [5.74, 6) is -0.638. The average molecular weight is 484 g/mol. The smallest absolute Gasteiger partial charge is 0.324 e. The zero-order chi connectivity index (χ0) is 22.2. The highest BCUT2D eigenvalue weighted by Crippen LogP contribution is 2.40. The molecule has 1 aromatic heterocycles. The Kier molecular flexibility index (Phi) is 6.14. The number of carbonyl (C=O) groups excluding carboxylic acids is 1. The van der Waals surface area contributed by atoms with Crippen molar-refractivity contribution in [1.29, 1.82) is 0 Å². The second kappa shape index (κ2) is 8.68. The highest BCUT2D eigenvalue weighted by molar-refractivity contribution is 7.99. The third kappa shape index (κ3) is 4.81. The molecule has 0 aliphatic heterocycles. The third-order valence-electron chi connectivity index (χ3n) is 4.71. The highest BCUT2D eigenvalue weighted by Gasteiger charge is 2.38. The first-order valence-electron chi connectivity index (χ1n) is 9.16. The van der Waals surface area contributed by atoms with E-state index >= 15 is 0 Å². The number of nitrogens with zero attached hydrogens (tertiary/aromatic N) is 2. The number of rotatable bonds is 4. The van der Waals surface area contributed by atoms with E-state index in [2.05, 4.69) is 15.3 Å². The summed E-state index contributed by atoms with van der Waals surface area (Å²) in [5, 5.41) is 3.16. The van der Waals surface area contributed by atoms with Crippen LogP contribution in [0, 0.1) is 0 Å². The van der Waals surface area contributed by atoms with Gasteiger partial charge in [-0.05, 0) is 36.6 Å². The summed E-state index contributed by atoms with van der Waals surface area (Å²) in [5.41, 5.74) is 1.37. The predicted molar refractivity (Wildman–Crippen MR) is 116 cm³/mol. The molecule has 1 heterocycles. The van der Waals surface area contributed by atoms with Crippen molar-refractivity contribution in [2.75, 3.05) is 11.1 Å². The van der Waals surface area contributed by atoms with Gasteiger partial charge in [0.25, 0.3) is 0 Å². The second-order valence-electron chi connectivity index (χ2n) is 6.80. The lowest BCUT2D eigenvalue weighted by molar-refractivity contribution is -0.142. The average Bonchev–Trinajstić information content (AvgIpc) is 2.73. The summed E-state index contributed by atoms with van der Waals surface area (Å²) in [6.07, 6.45) is -3.91. The quantitative estimate of drug-likeness (QED) is 0.349. The van der Waals surface area contributed by atoms with E-state index in [1.807, 2.05) is 12.1 Å². The van der Waals surface area contributed by atoms with Crippen LogP contribution in [0.1, 0.15) is 16.8 Å². The van der Waals surface area contributed by atoms with Crippen molar-refractivity contribution in [3.05, 3.63) is 69.3 Å². The van der Waals surface area contributed by atoms with Gasteiger partial charge in [0, 0.05) is 16.1 Å². The predicted octanol–water partition coefficient (Wildman–Crippen LogP) is 6.30. The van der Waals surface area contributed by atoms with E-state index in [4.69, 9.17) is 23.2 Å². The summed E-state index contributed by atoms with van der Waals surface area (Å²) >= 11 is 12.7. The molecule has 0 bridgehead atoms. The fraction of sp³-hybridized carbons (Fsp3) is 0.190. The van der Waals surface area contributed by atoms with Crippen LogP contribution in [0.5, 0.6) is 0 Å². The van der Waals surface area contributed by atoms with Gasteiger partial charge in [-0.3, -0.25) is 4.79 Å². The monoisotopic (exact) mass is 483 g/mol. The molecule has 0 saturated carbocycles. The zero-order valence-corrected chi connectivity index (χ0v) is 18.1. The van der Waals surface area contributed by atoms with E-state index in [1.165, 1.54) is 6.07 Å². The molecule has 1 aliphatic rings. The molecule has 0 unspecified atom stereocenters. The van der Waals surface area contributed by atoms with Crippen LogP contribution in [0.25, 0.3) is 11.3 Å². The minimum atomic E-state index is -4.62. The normalized spacial score (nSPS) is 12.8. The maximum atomic E-state index is 13.7. The molecule has 3 aromatic rings. The first-order valence-corrected chi connectivity index (χ1v) is 10.9. The van der Waals surface area contributed by atoms with Crippen LogP contribution in [0.3, 0.4) is 0 Å². The first kappa shape index (κ1) is 21.9. The molecule has 1 N–H and O–H groups in total. The largest absolute Gasteiger partial charge is 0.433 e. The first-order chi connectivity index (χ1) is 14.7. The number of aromatic nitrogens is 2. The summed E-state index contributed by atoms with van der Waals surface area (Å²) in [6.45, 7) is 0. The number of amides is 1. The van der Waals surface area contributed by atoms with Gasteiger partial charge < -0.3 is 5.32 Å². The van der Waals surface area contributed by atoms with E-state index in [0.717, 1.165) is 17.3 Å². The van der Waals surface area contributed by atoms with Gasteiger partial charge in [0.1, 0.15) is 0 Å². The van der Waals surface area contributed by atoms with E-state index in [-0.39, 0.29) is 33.6 Å². The Morgan fingerprint density at radius 1 is 1.10 bits per heavy atom. The molecule has 2 aromatic carbocycles. The number of halogens is 5. The number of anilines is 1. The summed E-state index contributed by atoms with van der Waals surface area (Å²) in [6, 6.07) is 11.8. The van der Waals surface area contributed by atoms with Gasteiger partial charge in [0.2, 0.25) is 5.91 Å². The van der Waals surface area contributed by atoms with Gasteiger partial charge in [0.05, 0.1) is 22.2 Å². The van der Waals surface area contributed by atoms with Crippen molar-refractivity contribution < 1.29 is 18.0 Å². The van der Waals surface area contributed by atoms with Gasteiger partial charge in [-0.1, -0.05) is 59.2 Å². The lowest BCUT2D eigenvalue weighted by Gasteiger charge is -2.22. The lowest BCUT2D eigenvalue weighted by Crippen LogP contribution is -2.19. The van der Waals surface area contributed by atoms with Crippen molar-refractivity contribution in [1.82, 2.24) is 9.97 Å². The van der Waals surface area contributed by atoms with Crippen LogP contribution in [-0.4, -0.2) is 21.6 Å². The number of nitrogens with one attached hydrogen (secondary N) is 1. The van der Waals surface area contributed by atoms with Crippen LogP contribution in [-0.2, 0) is 23.8 Å². The van der Waals surface area contributed by atoms with E-state index in [1.54, 1.807) is 24.3 Å². The molecule has 160 valence electrons. The van der Waals surface area contributed by atoms with Crippen LogP contribution in [0.4, 0.5) is 18.9 Å². The summed E-state index contributed by atoms with van der Waals surface area (Å²) < 4.78 is 41.1. The van der Waals surface area contributed by atoms with Crippen LogP contribution >= 0.6 is 35.0 Å². The molecular weight excluding hydrogens is 470 g/mol. The standard InChI is InChI=1S/C21H14Cl2F3N3OS/c22-12-6-8-16(15(23)9-12)27-17(30)10-31-20-28-18-13-4-2-1-3-11(13)5-7-14(18)19(29-20)21(24,25)26/h1-4,6,8-9H,5,7,10H2,(H,27,30). The molecule has 10 heteroatoms. The van der Waals surface area contributed by atoms with Gasteiger partial charge in [0.15, 0.2) is 10.9 Å². The molecule has 4 rings (SSSR count). The Balaban J connectivity index is 1.60. The van der Waals surface area contributed by atoms with Gasteiger partial charge in [-0.2, -0.15) is 13.2 Å². The fourth-order valence-corrected chi connectivity index (χ4v) is 4.46. The summed E-state index contributed by atoms with van der Waals surface area (Å²) in [7, 11) is 0. The minimum absolute atomic E-state index is 0.0907. The van der Waals surface area contributed by atoms with E-state index < -0.39 is 17.8 Å². The molecule has 0 fully saturated rings. The number of fused-ring (bicyclic) bond motifs is 3. The number of benzene rings is 2. The molecular formula is C21H14Cl2F3N3OS. The van der Waals surface area contributed by atoms with Crippen molar-refractivity contribution in [2.45, 2.75) is 24.2 Å². The Bertz CT molecular complexity index is 1170. The Morgan fingerprint density at radius 2 is 1.87 bits per heavy atom. The molecule has 1 amide bonds. The SMILES string of the molecule is O=C(CSc1nc2c(c(C(F)(F)F)n1)CCc1ccccc1-2)Nc1ccc(Cl)cc1Cl. The van der Waals surface area contributed by atoms with Gasteiger partial charge >= 0.3 is 6.18 Å². The van der Waals surface area contributed by atoms with E-state index in [9.17, 15) is 18.0 Å². The molecule has 0 radical (unpaired) electrons. The number of alkyl halides is 3. The second-order valence-corrected chi connectivity index (χ2v) is 8.58. The molecule has 4 nitrogen and oxygen atoms in total. The third-order valence-corrected chi connectivity index (χ3v) is 6.10. The maximum Gasteiger partial charge on any atom is 0.433 e. The van der Waals surface area contributed by atoms with Crippen molar-refractivity contribution in [2.24, 2.45) is 0 Å². The Morgan fingerprint density at radius 3 is 2.61 bits per heavy atom. The number of thioether (sulfide) groups is 1. The van der Waals surface area contributed by atoms with Crippen LogP contribution in [0.15, 0.2) is 47.6 Å². The van der Waals surface area contributed by atoms with Crippen LogP contribution < -0.4 is 5.32 Å². The molecule has 0 atom stereocenters. The number of carbonyl (C=O) groups is 1. The zero-order valence-electron chi connectivity index (χ0n) is 15.8. The van der Waals surface area contributed by atoms with Crippen molar-refractivity contribution >= 4 is 46.6 Å². The highest BCUT2D eigenvalue weighted by atomic mass is 35.5. The van der Waals surface area contributed by atoms with E-state index in [0.29, 0.717) is 22.7 Å². The van der Waals surface area contributed by atoms with Crippen molar-refractivity contribution in [3.63, 3.8) is 0 Å². The molecule has 1 aliphatic carbocycles. The number of hydrogen-bond donors (Lipinski definition) is 1. The lowest BCUT2D eigenvalue weighted by atomic mass is 9.88. The Hall–Kier alpha value is -2.29. The van der Waals surface area contributed by atoms with Gasteiger partial charge in [-0.25, -0.2) is 9.97 Å². The molecule has 0 spiro atoms. The van der Waals surface area contributed by atoms with Crippen molar-refractivity contribution in [3.8, 4) is 11.3 Å². The van der Waals surface area contributed by atoms with Gasteiger partial charge in [-0.15, -0.1) is 0 Å². The topological polar surface area (TPSA) is 54.9 Å². The molecule has 0 saturated heterocycles. The molecule has 31 heavy (non-hydrogen) atoms. The minimum Gasteiger partial charge on any atom is -0.324 e. The maximum absolute atomic E-state index is 13.7. The number of hydrogen-bond acceptors (Lipinski definition) is 4. The summed E-state index contributed by atoms with van der Waals surface area (Å²) in [4.78, 5) is 20.4. The fourth-order valence-electron chi connectivity index (χ4n) is 3.36.